The smallest absolute Gasteiger partial charge is 0.175 e. The first kappa shape index (κ1) is 13.8. The molecule has 0 aliphatic carbocycles. The summed E-state index contributed by atoms with van der Waals surface area (Å²) in [7, 11) is 0. The molecule has 0 bridgehead atoms. The van der Waals surface area contributed by atoms with Crippen LogP contribution in [0.4, 0.5) is 0 Å². The van der Waals surface area contributed by atoms with E-state index < -0.39 is 0 Å². The standard InChI is InChI=1S/C13H7Cl3N2OS/c14-6-2-1-3-8(10(6)15)19-9-5-4-7-12(11(9)16)18-13(20)17-7/h1-5H,(H2,17,18,20). The Balaban J connectivity index is 2.09. The van der Waals surface area contributed by atoms with Crippen LogP contribution in [-0.4, -0.2) is 9.97 Å². The van der Waals surface area contributed by atoms with Gasteiger partial charge < -0.3 is 14.7 Å². The highest BCUT2D eigenvalue weighted by atomic mass is 35.5. The van der Waals surface area contributed by atoms with Gasteiger partial charge in [0.05, 0.1) is 16.1 Å². The topological polar surface area (TPSA) is 40.8 Å². The van der Waals surface area contributed by atoms with Crippen LogP contribution >= 0.6 is 47.0 Å². The number of nitrogens with one attached hydrogen (secondary N) is 2. The zero-order chi connectivity index (χ0) is 14.3. The van der Waals surface area contributed by atoms with Gasteiger partial charge in [0, 0.05) is 0 Å². The average molecular weight is 346 g/mol. The number of rotatable bonds is 2. The summed E-state index contributed by atoms with van der Waals surface area (Å²) >= 11 is 23.4. The fourth-order valence-electron chi connectivity index (χ4n) is 1.81. The Bertz CT molecular complexity index is 856. The molecule has 0 fully saturated rings. The number of hydrogen-bond acceptors (Lipinski definition) is 2. The molecule has 0 spiro atoms. The van der Waals surface area contributed by atoms with Crippen molar-refractivity contribution in [1.29, 1.82) is 0 Å². The van der Waals surface area contributed by atoms with Crippen LogP contribution in [0, 0.1) is 4.77 Å². The van der Waals surface area contributed by atoms with Gasteiger partial charge in [-0.2, -0.15) is 0 Å². The molecule has 0 aliphatic rings. The molecule has 102 valence electrons. The molecule has 2 aromatic carbocycles. The van der Waals surface area contributed by atoms with Gasteiger partial charge in [-0.1, -0.05) is 40.9 Å². The van der Waals surface area contributed by atoms with Crippen molar-refractivity contribution < 1.29 is 4.74 Å². The van der Waals surface area contributed by atoms with E-state index in [2.05, 4.69) is 9.97 Å². The first-order valence-electron chi connectivity index (χ1n) is 5.58. The molecule has 2 N–H and O–H groups in total. The number of aromatic amines is 2. The van der Waals surface area contributed by atoms with E-state index in [1.807, 2.05) is 6.07 Å². The van der Waals surface area contributed by atoms with Crippen molar-refractivity contribution in [2.45, 2.75) is 0 Å². The van der Waals surface area contributed by atoms with Crippen molar-refractivity contribution in [3.05, 3.63) is 50.2 Å². The fraction of sp³-hybridized carbons (Fsp3) is 0. The Morgan fingerprint density at radius 2 is 1.65 bits per heavy atom. The summed E-state index contributed by atoms with van der Waals surface area (Å²) in [6, 6.07) is 8.71. The maximum absolute atomic E-state index is 6.30. The van der Waals surface area contributed by atoms with Crippen LogP contribution < -0.4 is 4.74 Å². The highest BCUT2D eigenvalue weighted by Gasteiger charge is 2.12. The second kappa shape index (κ2) is 5.30. The van der Waals surface area contributed by atoms with Crippen LogP contribution in [0.15, 0.2) is 30.3 Å². The molecule has 3 rings (SSSR count). The van der Waals surface area contributed by atoms with E-state index in [4.69, 9.17) is 51.8 Å². The molecule has 0 amide bonds. The number of imidazole rings is 1. The van der Waals surface area contributed by atoms with Gasteiger partial charge in [-0.25, -0.2) is 0 Å². The number of halogens is 3. The van der Waals surface area contributed by atoms with Crippen LogP contribution in [0.3, 0.4) is 0 Å². The monoisotopic (exact) mass is 344 g/mol. The molecule has 20 heavy (non-hydrogen) atoms. The summed E-state index contributed by atoms with van der Waals surface area (Å²) in [6.07, 6.45) is 0. The van der Waals surface area contributed by atoms with Crippen LogP contribution in [0.1, 0.15) is 0 Å². The second-order valence-corrected chi connectivity index (χ2v) is 5.60. The van der Waals surface area contributed by atoms with Gasteiger partial charge in [-0.05, 0) is 36.5 Å². The Kier molecular flexibility index (Phi) is 3.65. The molecule has 3 aromatic rings. The molecule has 0 radical (unpaired) electrons. The van der Waals surface area contributed by atoms with Gasteiger partial charge in [0.2, 0.25) is 0 Å². The minimum atomic E-state index is 0.340. The first-order valence-corrected chi connectivity index (χ1v) is 7.13. The minimum absolute atomic E-state index is 0.340. The van der Waals surface area contributed by atoms with Crippen LogP contribution in [0.25, 0.3) is 11.0 Å². The Labute approximate surface area is 134 Å². The van der Waals surface area contributed by atoms with Gasteiger partial charge in [-0.3, -0.25) is 0 Å². The summed E-state index contributed by atoms with van der Waals surface area (Å²) in [5, 5.41) is 1.18. The summed E-state index contributed by atoms with van der Waals surface area (Å²) in [6.45, 7) is 0. The summed E-state index contributed by atoms with van der Waals surface area (Å²) in [5.41, 5.74) is 1.50. The molecule has 1 heterocycles. The average Bonchev–Trinajstić information content (AvgIpc) is 2.80. The molecule has 7 heteroatoms. The van der Waals surface area contributed by atoms with Gasteiger partial charge in [-0.15, -0.1) is 0 Å². The highest BCUT2D eigenvalue weighted by Crippen LogP contribution is 2.38. The number of hydrogen-bond donors (Lipinski definition) is 2. The molecule has 0 saturated heterocycles. The third-order valence-electron chi connectivity index (χ3n) is 2.73. The van der Waals surface area contributed by atoms with Gasteiger partial charge in [0.15, 0.2) is 4.77 Å². The summed E-state index contributed by atoms with van der Waals surface area (Å²) in [4.78, 5) is 5.95. The summed E-state index contributed by atoms with van der Waals surface area (Å²) in [5.74, 6) is 0.906. The summed E-state index contributed by atoms with van der Waals surface area (Å²) < 4.78 is 6.22. The number of ether oxygens (including phenoxy) is 1. The Morgan fingerprint density at radius 3 is 2.45 bits per heavy atom. The third kappa shape index (κ3) is 2.40. The number of fused-ring (bicyclic) bond motifs is 1. The maximum atomic E-state index is 6.30. The van der Waals surface area contributed by atoms with E-state index in [0.717, 1.165) is 5.52 Å². The van der Waals surface area contributed by atoms with E-state index in [0.29, 0.717) is 36.9 Å². The van der Waals surface area contributed by atoms with Crippen molar-refractivity contribution >= 4 is 58.1 Å². The Hall–Kier alpha value is -1.20. The molecular formula is C13H7Cl3N2OS. The van der Waals surface area contributed by atoms with Crippen LogP contribution in [-0.2, 0) is 0 Å². The second-order valence-electron chi connectivity index (χ2n) is 4.03. The highest BCUT2D eigenvalue weighted by molar-refractivity contribution is 7.71. The molecule has 3 nitrogen and oxygen atoms in total. The predicted octanol–water partition coefficient (Wildman–Crippen LogP) is 5.98. The van der Waals surface area contributed by atoms with Crippen molar-refractivity contribution in [3.8, 4) is 11.5 Å². The molecule has 0 aliphatic heterocycles. The van der Waals surface area contributed by atoms with Crippen molar-refractivity contribution in [2.75, 3.05) is 0 Å². The van der Waals surface area contributed by atoms with Crippen LogP contribution in [0.2, 0.25) is 15.1 Å². The van der Waals surface area contributed by atoms with E-state index in [9.17, 15) is 0 Å². The number of H-pyrrole nitrogens is 2. The van der Waals surface area contributed by atoms with Gasteiger partial charge in [0.1, 0.15) is 21.5 Å². The molecule has 0 unspecified atom stereocenters. The largest absolute Gasteiger partial charge is 0.454 e. The maximum Gasteiger partial charge on any atom is 0.175 e. The van der Waals surface area contributed by atoms with E-state index in [1.165, 1.54) is 0 Å². The van der Waals surface area contributed by atoms with Crippen molar-refractivity contribution in [2.24, 2.45) is 0 Å². The molecule has 1 aromatic heterocycles. The number of benzene rings is 2. The lowest BCUT2D eigenvalue weighted by Crippen LogP contribution is -1.87. The lowest BCUT2D eigenvalue weighted by Gasteiger charge is -2.10. The normalized spacial score (nSPS) is 10.9. The van der Waals surface area contributed by atoms with E-state index >= 15 is 0 Å². The lowest BCUT2D eigenvalue weighted by atomic mass is 10.3. The SMILES string of the molecule is S=c1[nH]c2ccc(Oc3cccc(Cl)c3Cl)c(Cl)c2[nH]1. The van der Waals surface area contributed by atoms with Crippen LogP contribution in [0.5, 0.6) is 11.5 Å². The number of aromatic nitrogens is 2. The Morgan fingerprint density at radius 1 is 0.900 bits per heavy atom. The van der Waals surface area contributed by atoms with Gasteiger partial charge >= 0.3 is 0 Å². The van der Waals surface area contributed by atoms with E-state index in [-0.39, 0.29) is 0 Å². The molecular weight excluding hydrogens is 339 g/mol. The predicted molar refractivity (Wildman–Crippen MR) is 85.0 cm³/mol. The third-order valence-corrected chi connectivity index (χ3v) is 4.11. The lowest BCUT2D eigenvalue weighted by molar-refractivity contribution is 0.484. The molecule has 0 saturated carbocycles. The zero-order valence-electron chi connectivity index (χ0n) is 9.84. The van der Waals surface area contributed by atoms with Crippen molar-refractivity contribution in [3.63, 3.8) is 0 Å². The van der Waals surface area contributed by atoms with E-state index in [1.54, 1.807) is 24.3 Å². The van der Waals surface area contributed by atoms with Crippen molar-refractivity contribution in [1.82, 2.24) is 9.97 Å². The minimum Gasteiger partial charge on any atom is -0.454 e. The fourth-order valence-corrected chi connectivity index (χ4v) is 2.60. The zero-order valence-corrected chi connectivity index (χ0v) is 12.9. The quantitative estimate of drug-likeness (QED) is 0.561. The molecule has 0 atom stereocenters. The van der Waals surface area contributed by atoms with Gasteiger partial charge in [0.25, 0.3) is 0 Å². The first-order chi connectivity index (χ1) is 9.56.